The van der Waals surface area contributed by atoms with E-state index in [0.29, 0.717) is 6.54 Å². The van der Waals surface area contributed by atoms with E-state index in [1.807, 2.05) is 19.2 Å². The fraction of sp³-hybridized carbons (Fsp3) is 0.333. The van der Waals surface area contributed by atoms with Crippen molar-refractivity contribution in [1.82, 2.24) is 4.98 Å². The first-order valence-electron chi connectivity index (χ1n) is 4.14. The van der Waals surface area contributed by atoms with E-state index in [1.165, 1.54) is 0 Å². The molecule has 4 nitrogen and oxygen atoms in total. The molecule has 5 heteroatoms. The first-order chi connectivity index (χ1) is 6.61. The molecule has 0 aliphatic carbocycles. The van der Waals surface area contributed by atoms with E-state index < -0.39 is 5.97 Å². The lowest BCUT2D eigenvalue weighted by Crippen LogP contribution is -2.22. The van der Waals surface area contributed by atoms with Crippen LogP contribution in [0.2, 0.25) is 0 Å². The number of rotatable bonds is 4. The van der Waals surface area contributed by atoms with Gasteiger partial charge in [0, 0.05) is 19.8 Å². The molecule has 0 aliphatic heterocycles. The Morgan fingerprint density at radius 2 is 2.43 bits per heavy atom. The van der Waals surface area contributed by atoms with Gasteiger partial charge in [0.15, 0.2) is 0 Å². The molecule has 14 heavy (non-hydrogen) atoms. The lowest BCUT2D eigenvalue weighted by molar-refractivity contribution is -0.136. The van der Waals surface area contributed by atoms with Crippen LogP contribution in [-0.4, -0.2) is 29.7 Å². The minimum absolute atomic E-state index is 0.111. The van der Waals surface area contributed by atoms with E-state index in [9.17, 15) is 4.79 Å². The molecule has 1 rings (SSSR count). The van der Waals surface area contributed by atoms with Crippen molar-refractivity contribution in [2.75, 3.05) is 18.5 Å². The van der Waals surface area contributed by atoms with Crippen LogP contribution in [0.15, 0.2) is 22.8 Å². The molecule has 1 aromatic rings. The second kappa shape index (κ2) is 4.95. The first-order valence-corrected chi connectivity index (χ1v) is 4.94. The molecule has 0 saturated heterocycles. The lowest BCUT2D eigenvalue weighted by Gasteiger charge is -2.17. The van der Waals surface area contributed by atoms with Crippen LogP contribution in [0.25, 0.3) is 0 Å². The molecule has 0 bridgehead atoms. The number of carbonyl (C=O) groups is 1. The summed E-state index contributed by atoms with van der Waals surface area (Å²) in [5.74, 6) is -0.0438. The second-order valence-corrected chi connectivity index (χ2v) is 3.73. The van der Waals surface area contributed by atoms with Crippen molar-refractivity contribution in [3.8, 4) is 0 Å². The number of halogens is 1. The van der Waals surface area contributed by atoms with Crippen molar-refractivity contribution >= 4 is 27.7 Å². The molecule has 76 valence electrons. The van der Waals surface area contributed by atoms with Gasteiger partial charge in [0.1, 0.15) is 5.82 Å². The Balaban J connectivity index is 2.65. The van der Waals surface area contributed by atoms with Gasteiger partial charge in [-0.2, -0.15) is 0 Å². The summed E-state index contributed by atoms with van der Waals surface area (Å²) in [6, 6.07) is 3.69. The minimum Gasteiger partial charge on any atom is -0.481 e. The monoisotopic (exact) mass is 258 g/mol. The maximum atomic E-state index is 10.4. The van der Waals surface area contributed by atoms with Crippen molar-refractivity contribution in [1.29, 1.82) is 0 Å². The minimum atomic E-state index is -0.802. The van der Waals surface area contributed by atoms with E-state index in [1.54, 1.807) is 11.1 Å². The Bertz CT molecular complexity index is 330. The van der Waals surface area contributed by atoms with Crippen LogP contribution in [-0.2, 0) is 4.79 Å². The lowest BCUT2D eigenvalue weighted by atomic mass is 10.4. The highest BCUT2D eigenvalue weighted by Gasteiger charge is 2.07. The quantitative estimate of drug-likeness (QED) is 0.895. The van der Waals surface area contributed by atoms with Crippen LogP contribution in [0.5, 0.6) is 0 Å². The molecule has 1 N–H and O–H groups in total. The SMILES string of the molecule is CN(CCC(=O)O)c1ncccc1Br. The van der Waals surface area contributed by atoms with E-state index >= 15 is 0 Å². The summed E-state index contributed by atoms with van der Waals surface area (Å²) in [5.41, 5.74) is 0. The highest BCUT2D eigenvalue weighted by atomic mass is 79.9. The summed E-state index contributed by atoms with van der Waals surface area (Å²) >= 11 is 3.35. The highest BCUT2D eigenvalue weighted by molar-refractivity contribution is 9.10. The maximum Gasteiger partial charge on any atom is 0.305 e. The Kier molecular flexibility index (Phi) is 3.88. The van der Waals surface area contributed by atoms with E-state index in [4.69, 9.17) is 5.11 Å². The predicted octanol–water partition coefficient (Wildman–Crippen LogP) is 1.75. The summed E-state index contributed by atoms with van der Waals surface area (Å²) in [4.78, 5) is 16.3. The molecule has 0 spiro atoms. The van der Waals surface area contributed by atoms with Crippen LogP contribution >= 0.6 is 15.9 Å². The van der Waals surface area contributed by atoms with Gasteiger partial charge in [0.25, 0.3) is 0 Å². The zero-order valence-corrected chi connectivity index (χ0v) is 9.36. The standard InChI is InChI=1S/C9H11BrN2O2/c1-12(6-4-8(13)14)9-7(10)3-2-5-11-9/h2-3,5H,4,6H2,1H3,(H,13,14). The number of hydrogen-bond donors (Lipinski definition) is 1. The Morgan fingerprint density at radius 1 is 1.71 bits per heavy atom. The summed E-state index contributed by atoms with van der Waals surface area (Å²) in [5, 5.41) is 8.52. The topological polar surface area (TPSA) is 53.4 Å². The average molecular weight is 259 g/mol. The second-order valence-electron chi connectivity index (χ2n) is 2.87. The van der Waals surface area contributed by atoms with Gasteiger partial charge in [-0.3, -0.25) is 4.79 Å². The predicted molar refractivity (Wildman–Crippen MR) is 57.5 cm³/mol. The summed E-state index contributed by atoms with van der Waals surface area (Å²) in [6.45, 7) is 0.449. The number of pyridine rings is 1. The van der Waals surface area contributed by atoms with Gasteiger partial charge >= 0.3 is 5.97 Å². The highest BCUT2D eigenvalue weighted by Crippen LogP contribution is 2.21. The normalized spacial score (nSPS) is 9.86. The third-order valence-corrected chi connectivity index (χ3v) is 2.38. The summed E-state index contributed by atoms with van der Waals surface area (Å²) < 4.78 is 0.868. The fourth-order valence-electron chi connectivity index (χ4n) is 1.03. The number of nitrogens with zero attached hydrogens (tertiary/aromatic N) is 2. The van der Waals surface area contributed by atoms with Crippen molar-refractivity contribution in [2.45, 2.75) is 6.42 Å². The molecule has 0 fully saturated rings. The van der Waals surface area contributed by atoms with Gasteiger partial charge in [-0.25, -0.2) is 4.98 Å². The van der Waals surface area contributed by atoms with Gasteiger partial charge in [-0.15, -0.1) is 0 Å². The third kappa shape index (κ3) is 2.99. The Morgan fingerprint density at radius 3 is 3.00 bits per heavy atom. The molecular formula is C9H11BrN2O2. The molecule has 0 aliphatic rings. The molecule has 0 radical (unpaired) electrons. The van der Waals surface area contributed by atoms with Crippen LogP contribution < -0.4 is 4.90 Å². The number of anilines is 1. The van der Waals surface area contributed by atoms with Crippen LogP contribution in [0.4, 0.5) is 5.82 Å². The van der Waals surface area contributed by atoms with Crippen molar-refractivity contribution in [2.24, 2.45) is 0 Å². The first kappa shape index (κ1) is 11.0. The third-order valence-electron chi connectivity index (χ3n) is 1.76. The number of carboxylic acid groups (broad SMARTS) is 1. The molecule has 0 amide bonds. The smallest absolute Gasteiger partial charge is 0.305 e. The van der Waals surface area contributed by atoms with Crippen molar-refractivity contribution in [3.05, 3.63) is 22.8 Å². The van der Waals surface area contributed by atoms with Crippen LogP contribution in [0.3, 0.4) is 0 Å². The average Bonchev–Trinajstić information content (AvgIpc) is 2.15. The molecule has 1 heterocycles. The van der Waals surface area contributed by atoms with Gasteiger partial charge in [0.05, 0.1) is 10.9 Å². The van der Waals surface area contributed by atoms with Crippen molar-refractivity contribution < 1.29 is 9.90 Å². The number of carboxylic acids is 1. The summed E-state index contributed by atoms with van der Waals surface area (Å²) in [7, 11) is 1.82. The van der Waals surface area contributed by atoms with Crippen LogP contribution in [0, 0.1) is 0 Å². The zero-order valence-electron chi connectivity index (χ0n) is 7.77. The van der Waals surface area contributed by atoms with Crippen LogP contribution in [0.1, 0.15) is 6.42 Å². The molecule has 0 atom stereocenters. The number of hydrogen-bond acceptors (Lipinski definition) is 3. The molecule has 0 saturated carbocycles. The number of aliphatic carboxylic acids is 1. The Hall–Kier alpha value is -1.10. The van der Waals surface area contributed by atoms with E-state index in [2.05, 4.69) is 20.9 Å². The fourth-order valence-corrected chi connectivity index (χ4v) is 1.59. The molecule has 1 aromatic heterocycles. The maximum absolute atomic E-state index is 10.4. The van der Waals surface area contributed by atoms with Gasteiger partial charge < -0.3 is 10.0 Å². The zero-order chi connectivity index (χ0) is 10.6. The Labute approximate surface area is 90.7 Å². The largest absolute Gasteiger partial charge is 0.481 e. The van der Waals surface area contributed by atoms with Crippen molar-refractivity contribution in [3.63, 3.8) is 0 Å². The molecule has 0 aromatic carbocycles. The van der Waals surface area contributed by atoms with Gasteiger partial charge in [0.2, 0.25) is 0 Å². The van der Waals surface area contributed by atoms with E-state index in [0.717, 1.165) is 10.3 Å². The van der Waals surface area contributed by atoms with Gasteiger partial charge in [-0.05, 0) is 28.1 Å². The molecule has 0 unspecified atom stereocenters. The van der Waals surface area contributed by atoms with E-state index in [-0.39, 0.29) is 6.42 Å². The molecular weight excluding hydrogens is 248 g/mol. The summed E-state index contributed by atoms with van der Waals surface area (Å²) in [6.07, 6.45) is 1.79. The number of aromatic nitrogens is 1. The van der Waals surface area contributed by atoms with Gasteiger partial charge in [-0.1, -0.05) is 0 Å².